The second-order valence-corrected chi connectivity index (χ2v) is 0.519. The number of halogens is 3. The van der Waals surface area contributed by atoms with Gasteiger partial charge in [-0.15, -0.1) is 0 Å². The molecular formula is C3H4F3. The van der Waals surface area contributed by atoms with Gasteiger partial charge in [0.05, 0.1) is 0 Å². The minimum atomic E-state index is -2.17. The van der Waals surface area contributed by atoms with Crippen LogP contribution >= 0.6 is 0 Å². The highest BCUT2D eigenvalue weighted by Gasteiger charge is 1.79. The molecule has 0 aliphatic rings. The van der Waals surface area contributed by atoms with Gasteiger partial charge in [-0.25, -0.2) is 13.2 Å². The highest BCUT2D eigenvalue weighted by Crippen LogP contribution is 1.82. The van der Waals surface area contributed by atoms with Crippen LogP contribution in [0.2, 0.25) is 0 Å². The SMILES string of the molecule is CC(F)F.[C]F. The van der Waals surface area contributed by atoms with Crippen LogP contribution in [0.25, 0.3) is 0 Å². The van der Waals surface area contributed by atoms with Crippen molar-refractivity contribution < 1.29 is 13.2 Å². The van der Waals surface area contributed by atoms with E-state index in [0.29, 0.717) is 0 Å². The molecule has 0 aromatic rings. The standard InChI is InChI=1S/C2H4F2.CF/c1-2(3)4;1-2/h2H,1H3;. The van der Waals surface area contributed by atoms with Gasteiger partial charge >= 0.3 is 0 Å². The maximum atomic E-state index is 10.3. The van der Waals surface area contributed by atoms with E-state index in [1.54, 1.807) is 0 Å². The molecule has 0 aliphatic carbocycles. The summed E-state index contributed by atoms with van der Waals surface area (Å²) in [5, 5.41) is 0. The first kappa shape index (κ1) is 9.25. The van der Waals surface area contributed by atoms with E-state index in [-0.39, 0.29) is 0 Å². The van der Waals surface area contributed by atoms with Crippen LogP contribution < -0.4 is 0 Å². The maximum absolute atomic E-state index is 10.3. The summed E-state index contributed by atoms with van der Waals surface area (Å²) >= 11 is 0. The van der Waals surface area contributed by atoms with Crippen LogP contribution in [0.15, 0.2) is 0 Å². The molecule has 0 nitrogen and oxygen atoms in total. The molecule has 0 heterocycles. The Morgan fingerprint density at radius 1 is 1.33 bits per heavy atom. The van der Waals surface area contributed by atoms with Gasteiger partial charge < -0.3 is 0 Å². The first-order valence-electron chi connectivity index (χ1n) is 1.20. The van der Waals surface area contributed by atoms with Crippen LogP contribution in [0.1, 0.15) is 6.92 Å². The summed E-state index contributed by atoms with van der Waals surface area (Å²) in [6.07, 6.45) is -2.17. The summed E-state index contributed by atoms with van der Waals surface area (Å²) in [6, 6.07) is 0. The predicted molar refractivity (Wildman–Crippen MR) is 16.0 cm³/mol. The monoisotopic (exact) mass is 97.0 g/mol. The van der Waals surface area contributed by atoms with E-state index in [0.717, 1.165) is 6.92 Å². The molecule has 6 heavy (non-hydrogen) atoms. The molecule has 0 amide bonds. The molecule has 0 saturated carbocycles. The van der Waals surface area contributed by atoms with Gasteiger partial charge in [0, 0.05) is 0 Å². The van der Waals surface area contributed by atoms with Crippen LogP contribution in [-0.2, 0) is 0 Å². The first-order valence-corrected chi connectivity index (χ1v) is 1.20. The van der Waals surface area contributed by atoms with Crippen LogP contribution in [0.3, 0.4) is 0 Å². The molecule has 0 aromatic heterocycles. The lowest BCUT2D eigenvalue weighted by Crippen LogP contribution is -1.69. The Bertz CT molecular complexity index is 10.8. The molecule has 0 atom stereocenters. The Morgan fingerprint density at radius 3 is 1.33 bits per heavy atom. The average molecular weight is 97.1 g/mol. The largest absolute Gasteiger partial charge is 0.235 e. The fraction of sp³-hybridized carbons (Fsp3) is 0.667. The second-order valence-electron chi connectivity index (χ2n) is 0.519. The normalized spacial score (nSPS) is 7.00. The predicted octanol–water partition coefficient (Wildman–Crippen LogP) is 1.77. The Balaban J connectivity index is 0. The number of hydrogen-bond donors (Lipinski definition) is 0. The van der Waals surface area contributed by atoms with E-state index in [1.807, 2.05) is 0 Å². The average Bonchev–Trinajstić information content (AvgIpc) is 1.41. The minimum absolute atomic E-state index is 0.833. The zero-order valence-corrected chi connectivity index (χ0v) is 3.21. The minimum Gasteiger partial charge on any atom is -0.232 e. The smallest absolute Gasteiger partial charge is 0.232 e. The fourth-order valence-corrected chi connectivity index (χ4v) is 0. The van der Waals surface area contributed by atoms with E-state index in [1.165, 1.54) is 0 Å². The summed E-state index contributed by atoms with van der Waals surface area (Å²) < 4.78 is 29.4. The van der Waals surface area contributed by atoms with Crippen LogP contribution in [0.4, 0.5) is 13.2 Å². The Labute approximate surface area is 35.0 Å². The van der Waals surface area contributed by atoms with E-state index < -0.39 is 6.43 Å². The second kappa shape index (κ2) is 8.84. The Kier molecular flexibility index (Phi) is 13.6. The molecule has 0 aliphatic heterocycles. The molecule has 3 radical (unpaired) electrons. The molecule has 0 rings (SSSR count). The molecule has 0 bridgehead atoms. The molecule has 0 aromatic carbocycles. The lowest BCUT2D eigenvalue weighted by atomic mass is 10.9. The summed E-state index contributed by atoms with van der Waals surface area (Å²) in [5.74, 6) is 0. The van der Waals surface area contributed by atoms with Gasteiger partial charge in [-0.2, -0.15) is 0 Å². The Morgan fingerprint density at radius 2 is 1.33 bits per heavy atom. The van der Waals surface area contributed by atoms with Gasteiger partial charge in [-0.05, 0) is 6.92 Å². The molecule has 0 unspecified atom stereocenters. The van der Waals surface area contributed by atoms with Crippen molar-refractivity contribution in [3.05, 3.63) is 7.18 Å². The number of rotatable bonds is 0. The van der Waals surface area contributed by atoms with Gasteiger partial charge in [0.15, 0.2) is 0 Å². The van der Waals surface area contributed by atoms with Crippen molar-refractivity contribution in [3.63, 3.8) is 0 Å². The van der Waals surface area contributed by atoms with Crippen LogP contribution in [0, 0.1) is 7.18 Å². The maximum Gasteiger partial charge on any atom is 0.235 e. The number of hydrogen-bond acceptors (Lipinski definition) is 0. The lowest BCUT2D eigenvalue weighted by Gasteiger charge is -1.70. The molecule has 0 fully saturated rings. The van der Waals surface area contributed by atoms with Crippen molar-refractivity contribution in [3.8, 4) is 0 Å². The fourth-order valence-electron chi connectivity index (χ4n) is 0. The Hall–Kier alpha value is -0.210. The van der Waals surface area contributed by atoms with Gasteiger partial charge in [-0.1, -0.05) is 0 Å². The molecule has 0 saturated heterocycles. The van der Waals surface area contributed by atoms with E-state index in [9.17, 15) is 8.78 Å². The van der Waals surface area contributed by atoms with Crippen molar-refractivity contribution in [2.45, 2.75) is 13.3 Å². The van der Waals surface area contributed by atoms with E-state index >= 15 is 0 Å². The van der Waals surface area contributed by atoms with Crippen molar-refractivity contribution in [1.29, 1.82) is 0 Å². The first-order chi connectivity index (χ1) is 2.73. The summed E-state index contributed by atoms with van der Waals surface area (Å²) in [7, 11) is 4.25. The molecule has 3 heteroatoms. The van der Waals surface area contributed by atoms with Crippen molar-refractivity contribution in [2.75, 3.05) is 0 Å². The highest BCUT2D eigenvalue weighted by molar-refractivity contribution is 4.06. The molecule has 0 N–H and O–H groups in total. The quantitative estimate of drug-likeness (QED) is 0.432. The third-order valence-electron chi connectivity index (χ3n) is 0. The third kappa shape index (κ3) is 669. The zero-order valence-electron chi connectivity index (χ0n) is 3.21. The summed E-state index contributed by atoms with van der Waals surface area (Å²) in [5.41, 5.74) is 0. The zero-order chi connectivity index (χ0) is 5.58. The van der Waals surface area contributed by atoms with Crippen LogP contribution in [0.5, 0.6) is 0 Å². The lowest BCUT2D eigenvalue weighted by molar-refractivity contribution is 0.171. The highest BCUT2D eigenvalue weighted by atomic mass is 19.3. The van der Waals surface area contributed by atoms with Crippen molar-refractivity contribution in [2.24, 2.45) is 0 Å². The number of alkyl halides is 2. The van der Waals surface area contributed by atoms with Crippen molar-refractivity contribution in [1.82, 2.24) is 0 Å². The van der Waals surface area contributed by atoms with E-state index in [4.69, 9.17) is 4.39 Å². The van der Waals surface area contributed by atoms with Crippen molar-refractivity contribution >= 4 is 0 Å². The van der Waals surface area contributed by atoms with Crippen LogP contribution in [-0.4, -0.2) is 6.43 Å². The van der Waals surface area contributed by atoms with E-state index in [2.05, 4.69) is 7.18 Å². The molecule has 37 valence electrons. The summed E-state index contributed by atoms with van der Waals surface area (Å²) in [4.78, 5) is 0. The topological polar surface area (TPSA) is 0 Å². The van der Waals surface area contributed by atoms with Gasteiger partial charge in [0.2, 0.25) is 13.6 Å². The van der Waals surface area contributed by atoms with Gasteiger partial charge in [0.1, 0.15) is 0 Å². The molecule has 0 spiro atoms. The van der Waals surface area contributed by atoms with Gasteiger partial charge in [0.25, 0.3) is 0 Å². The third-order valence-corrected chi connectivity index (χ3v) is 0. The molecular weight excluding hydrogens is 93.0 g/mol. The van der Waals surface area contributed by atoms with Gasteiger partial charge in [-0.3, -0.25) is 0 Å². The summed E-state index contributed by atoms with van der Waals surface area (Å²) in [6.45, 7) is 0.833.